The summed E-state index contributed by atoms with van der Waals surface area (Å²) in [5, 5.41) is 2.73. The molecule has 5 nitrogen and oxygen atoms in total. The molecule has 0 rings (SSSR count). The fraction of sp³-hybridized carbons (Fsp3) is 0.933. The van der Waals surface area contributed by atoms with Crippen LogP contribution in [0.1, 0.15) is 48.0 Å². The quantitative estimate of drug-likeness (QED) is 0.562. The van der Waals surface area contributed by atoms with E-state index in [1.54, 1.807) is 0 Å². The van der Waals surface area contributed by atoms with Gasteiger partial charge >= 0.3 is 0 Å². The maximum Gasteiger partial charge on any atom is 0.219 e. The molecule has 0 aromatic heterocycles. The third-order valence-corrected chi connectivity index (χ3v) is 1.98. The smallest absolute Gasteiger partial charge is 0.219 e. The zero-order chi connectivity index (χ0) is 14.8. The molecule has 0 saturated carbocycles. The number of rotatable bonds is 12. The van der Waals surface area contributed by atoms with Crippen molar-refractivity contribution in [3.8, 4) is 0 Å². The topological polar surface area (TPSA) is 56.8 Å². The highest BCUT2D eigenvalue weighted by Crippen LogP contribution is 1.83. The molecule has 0 atom stereocenters. The van der Waals surface area contributed by atoms with Crippen LogP contribution in [0.3, 0.4) is 0 Å². The van der Waals surface area contributed by atoms with Crippen LogP contribution in [0.4, 0.5) is 0 Å². The maximum atomic E-state index is 10.9. The molecule has 1 N–H and O–H groups in total. The summed E-state index contributed by atoms with van der Waals surface area (Å²) in [6, 6.07) is 0. The van der Waals surface area contributed by atoms with E-state index in [1.165, 1.54) is 0 Å². The fourth-order valence-corrected chi connectivity index (χ4v) is 1.07. The summed E-state index contributed by atoms with van der Waals surface area (Å²) in [4.78, 5) is 10.9. The SMILES string of the molecule is C.CC.CCCOCCOCCOCCNC(=O)CC. The van der Waals surface area contributed by atoms with E-state index >= 15 is 0 Å². The standard InChI is InChI=1S/C12H25NO4.C2H6.CH4/c1-3-6-15-8-10-17-11-9-16-7-5-13-12(14)4-2;1-2;/h3-11H2,1-2H3,(H,13,14);1-2H3;1H4. The molecule has 0 aliphatic rings. The number of nitrogens with one attached hydrogen (secondary N) is 1. The zero-order valence-corrected chi connectivity index (χ0v) is 13.0. The fourth-order valence-electron chi connectivity index (χ4n) is 1.07. The molecule has 0 heterocycles. The first kappa shape index (κ1) is 24.4. The molecule has 124 valence electrons. The van der Waals surface area contributed by atoms with Gasteiger partial charge in [0.1, 0.15) is 0 Å². The van der Waals surface area contributed by atoms with Gasteiger partial charge in [-0.15, -0.1) is 0 Å². The highest BCUT2D eigenvalue weighted by atomic mass is 16.5. The van der Waals surface area contributed by atoms with Gasteiger partial charge in [-0.2, -0.15) is 0 Å². The van der Waals surface area contributed by atoms with E-state index in [9.17, 15) is 4.79 Å². The highest BCUT2D eigenvalue weighted by molar-refractivity contribution is 5.75. The summed E-state index contributed by atoms with van der Waals surface area (Å²) >= 11 is 0. The Morgan fingerprint density at radius 2 is 1.30 bits per heavy atom. The van der Waals surface area contributed by atoms with Gasteiger partial charge in [0.15, 0.2) is 0 Å². The summed E-state index contributed by atoms with van der Waals surface area (Å²) in [5.41, 5.74) is 0. The Hall–Kier alpha value is -0.650. The van der Waals surface area contributed by atoms with E-state index in [4.69, 9.17) is 14.2 Å². The third-order valence-electron chi connectivity index (χ3n) is 1.98. The number of hydrogen-bond acceptors (Lipinski definition) is 4. The van der Waals surface area contributed by atoms with Crippen molar-refractivity contribution < 1.29 is 19.0 Å². The van der Waals surface area contributed by atoms with Crippen molar-refractivity contribution in [1.82, 2.24) is 5.32 Å². The Balaban J connectivity index is -0.000000916. The molecule has 0 bridgehead atoms. The van der Waals surface area contributed by atoms with Crippen molar-refractivity contribution >= 4 is 5.91 Å². The monoisotopic (exact) mass is 293 g/mol. The van der Waals surface area contributed by atoms with Gasteiger partial charge in [0.25, 0.3) is 0 Å². The number of ether oxygens (including phenoxy) is 3. The molecule has 0 aromatic rings. The Morgan fingerprint density at radius 3 is 1.75 bits per heavy atom. The minimum atomic E-state index is 0. The van der Waals surface area contributed by atoms with Crippen LogP contribution >= 0.6 is 0 Å². The highest BCUT2D eigenvalue weighted by Gasteiger charge is 1.95. The van der Waals surface area contributed by atoms with Crippen molar-refractivity contribution in [2.75, 3.05) is 46.2 Å². The number of hydrogen-bond donors (Lipinski definition) is 1. The average Bonchev–Trinajstić information content (AvgIpc) is 2.46. The number of amides is 1. The van der Waals surface area contributed by atoms with Gasteiger partial charge in [-0.05, 0) is 6.42 Å². The Labute approximate surface area is 125 Å². The lowest BCUT2D eigenvalue weighted by Crippen LogP contribution is -2.26. The van der Waals surface area contributed by atoms with Crippen LogP contribution in [0, 0.1) is 0 Å². The second kappa shape index (κ2) is 23.4. The van der Waals surface area contributed by atoms with Crippen molar-refractivity contribution in [1.29, 1.82) is 0 Å². The normalized spacial score (nSPS) is 9.20. The summed E-state index contributed by atoms with van der Waals surface area (Å²) in [6.45, 7) is 12.1. The van der Waals surface area contributed by atoms with E-state index in [2.05, 4.69) is 12.2 Å². The molecular weight excluding hydrogens is 258 g/mol. The Morgan fingerprint density at radius 1 is 0.850 bits per heavy atom. The van der Waals surface area contributed by atoms with Crippen LogP contribution in [-0.2, 0) is 19.0 Å². The van der Waals surface area contributed by atoms with Crippen LogP contribution < -0.4 is 5.32 Å². The van der Waals surface area contributed by atoms with E-state index < -0.39 is 0 Å². The number of carbonyl (C=O) groups excluding carboxylic acids is 1. The molecule has 0 aromatic carbocycles. The van der Waals surface area contributed by atoms with Crippen LogP contribution in [-0.4, -0.2) is 52.1 Å². The molecule has 0 unspecified atom stereocenters. The van der Waals surface area contributed by atoms with E-state index in [0.717, 1.165) is 13.0 Å². The zero-order valence-electron chi connectivity index (χ0n) is 13.0. The Kier molecular flexibility index (Phi) is 28.6. The minimum absolute atomic E-state index is 0. The predicted octanol–water partition coefficient (Wildman–Crippen LogP) is 2.63. The molecular formula is C15H35NO4. The van der Waals surface area contributed by atoms with Gasteiger partial charge in [-0.25, -0.2) is 0 Å². The minimum Gasteiger partial charge on any atom is -0.379 e. The predicted molar refractivity (Wildman–Crippen MR) is 84.1 cm³/mol. The second-order valence-corrected chi connectivity index (χ2v) is 3.54. The molecule has 0 radical (unpaired) electrons. The van der Waals surface area contributed by atoms with Crippen LogP contribution in [0.5, 0.6) is 0 Å². The van der Waals surface area contributed by atoms with Crippen molar-refractivity contribution in [2.45, 2.75) is 48.0 Å². The first-order chi connectivity index (χ1) is 9.31. The lowest BCUT2D eigenvalue weighted by molar-refractivity contribution is -0.121. The van der Waals surface area contributed by atoms with Crippen molar-refractivity contribution in [3.63, 3.8) is 0 Å². The van der Waals surface area contributed by atoms with Gasteiger partial charge in [-0.3, -0.25) is 4.79 Å². The van der Waals surface area contributed by atoms with E-state index in [0.29, 0.717) is 46.0 Å². The molecule has 1 amide bonds. The van der Waals surface area contributed by atoms with Crippen LogP contribution in [0.25, 0.3) is 0 Å². The lowest BCUT2D eigenvalue weighted by Gasteiger charge is -2.07. The molecule has 0 aliphatic heterocycles. The summed E-state index contributed by atoms with van der Waals surface area (Å²) in [7, 11) is 0. The first-order valence-corrected chi connectivity index (χ1v) is 7.31. The molecule has 20 heavy (non-hydrogen) atoms. The van der Waals surface area contributed by atoms with E-state index in [-0.39, 0.29) is 13.3 Å². The Bertz CT molecular complexity index is 177. The van der Waals surface area contributed by atoms with Gasteiger partial charge in [0, 0.05) is 19.6 Å². The second-order valence-electron chi connectivity index (χ2n) is 3.54. The van der Waals surface area contributed by atoms with Gasteiger partial charge in [0.05, 0.1) is 33.0 Å². The van der Waals surface area contributed by atoms with E-state index in [1.807, 2.05) is 20.8 Å². The largest absolute Gasteiger partial charge is 0.379 e. The lowest BCUT2D eigenvalue weighted by atomic mass is 10.4. The molecule has 5 heteroatoms. The molecule has 0 fully saturated rings. The average molecular weight is 293 g/mol. The van der Waals surface area contributed by atoms with Crippen LogP contribution in [0.2, 0.25) is 0 Å². The number of carbonyl (C=O) groups is 1. The van der Waals surface area contributed by atoms with Gasteiger partial charge in [-0.1, -0.05) is 35.1 Å². The first-order valence-electron chi connectivity index (χ1n) is 7.31. The third kappa shape index (κ3) is 22.5. The molecule has 0 saturated heterocycles. The molecule has 0 spiro atoms. The summed E-state index contributed by atoms with van der Waals surface area (Å²) in [6.07, 6.45) is 1.55. The van der Waals surface area contributed by atoms with Gasteiger partial charge < -0.3 is 19.5 Å². The van der Waals surface area contributed by atoms with Gasteiger partial charge in [0.2, 0.25) is 5.91 Å². The molecule has 0 aliphatic carbocycles. The summed E-state index contributed by atoms with van der Waals surface area (Å²) in [5.74, 6) is 0.0536. The van der Waals surface area contributed by atoms with Crippen molar-refractivity contribution in [2.24, 2.45) is 0 Å². The maximum absolute atomic E-state index is 10.9. The van der Waals surface area contributed by atoms with Crippen molar-refractivity contribution in [3.05, 3.63) is 0 Å². The summed E-state index contributed by atoms with van der Waals surface area (Å²) < 4.78 is 15.8. The van der Waals surface area contributed by atoms with Crippen LogP contribution in [0.15, 0.2) is 0 Å².